The van der Waals surface area contributed by atoms with Gasteiger partial charge in [0.05, 0.1) is 11.9 Å². The van der Waals surface area contributed by atoms with Gasteiger partial charge in [-0.25, -0.2) is 13.1 Å². The van der Waals surface area contributed by atoms with Crippen molar-refractivity contribution in [3.05, 3.63) is 59.7 Å². The number of aryl methyl sites for hydroxylation is 2. The number of hydrogen-bond donors (Lipinski definition) is 0. The lowest BCUT2D eigenvalue weighted by Gasteiger charge is -2.33. The zero-order valence-corrected chi connectivity index (χ0v) is 19.1. The van der Waals surface area contributed by atoms with Gasteiger partial charge in [-0.1, -0.05) is 18.2 Å². The van der Waals surface area contributed by atoms with Gasteiger partial charge in [0.25, 0.3) is 5.91 Å². The Kier molecular flexibility index (Phi) is 6.02. The van der Waals surface area contributed by atoms with E-state index in [2.05, 4.69) is 10.2 Å². The number of hydrogen-bond acceptors (Lipinski definition) is 6. The molecule has 1 aliphatic heterocycles. The number of aromatic nitrogens is 4. The Morgan fingerprint density at radius 3 is 2.47 bits per heavy atom. The smallest absolute Gasteiger partial charge is 0.274 e. The number of rotatable bonds is 6. The second-order valence-corrected chi connectivity index (χ2v) is 9.60. The molecule has 0 radical (unpaired) electrons. The third kappa shape index (κ3) is 4.26. The third-order valence-corrected chi connectivity index (χ3v) is 7.64. The number of ether oxygens (including phenoxy) is 1. The van der Waals surface area contributed by atoms with E-state index in [0.29, 0.717) is 24.5 Å². The van der Waals surface area contributed by atoms with Crippen LogP contribution in [0.25, 0.3) is 0 Å². The summed E-state index contributed by atoms with van der Waals surface area (Å²) in [6, 6.07) is 9.32. The maximum Gasteiger partial charge on any atom is 0.274 e. The fourth-order valence-corrected chi connectivity index (χ4v) is 5.17. The van der Waals surface area contributed by atoms with Crippen LogP contribution in [0.1, 0.15) is 21.7 Å². The van der Waals surface area contributed by atoms with Crippen LogP contribution in [0.2, 0.25) is 0 Å². The highest BCUT2D eigenvalue weighted by molar-refractivity contribution is 7.89. The Morgan fingerprint density at radius 2 is 1.81 bits per heavy atom. The first-order valence-electron chi connectivity index (χ1n) is 10.3. The Bertz CT molecular complexity index is 1220. The lowest BCUT2D eigenvalue weighted by Crippen LogP contribution is -2.50. The van der Waals surface area contributed by atoms with Crippen molar-refractivity contribution in [2.24, 2.45) is 7.05 Å². The highest BCUT2D eigenvalue weighted by Crippen LogP contribution is 2.21. The summed E-state index contributed by atoms with van der Waals surface area (Å²) in [6.07, 6.45) is 3.06. The molecular formula is C21H26N6O4S. The molecule has 4 rings (SSSR count). The number of piperazine rings is 1. The lowest BCUT2D eigenvalue weighted by molar-refractivity contribution is 0.0690. The minimum atomic E-state index is -3.64. The summed E-state index contributed by atoms with van der Waals surface area (Å²) in [5.41, 5.74) is 1.91. The van der Waals surface area contributed by atoms with E-state index >= 15 is 0 Å². The molecule has 0 bridgehead atoms. The van der Waals surface area contributed by atoms with Crippen LogP contribution in [-0.4, -0.2) is 69.3 Å². The Balaban J connectivity index is 1.36. The highest BCUT2D eigenvalue weighted by atomic mass is 32.2. The summed E-state index contributed by atoms with van der Waals surface area (Å²) in [6.45, 7) is 4.91. The third-order valence-electron chi connectivity index (χ3n) is 5.64. The fourth-order valence-electron chi connectivity index (χ4n) is 3.57. The van der Waals surface area contributed by atoms with Crippen LogP contribution in [0.4, 0.5) is 0 Å². The van der Waals surface area contributed by atoms with Crippen LogP contribution >= 0.6 is 0 Å². The van der Waals surface area contributed by atoms with Gasteiger partial charge < -0.3 is 9.64 Å². The number of benzene rings is 1. The molecule has 1 aliphatic rings. The van der Waals surface area contributed by atoms with Crippen molar-refractivity contribution < 1.29 is 17.9 Å². The predicted octanol–water partition coefficient (Wildman–Crippen LogP) is 1.42. The zero-order valence-electron chi connectivity index (χ0n) is 18.3. The first-order valence-corrected chi connectivity index (χ1v) is 11.7. The van der Waals surface area contributed by atoms with Gasteiger partial charge in [0.15, 0.2) is 12.4 Å². The predicted molar refractivity (Wildman–Crippen MR) is 117 cm³/mol. The number of nitrogens with zero attached hydrogens (tertiary/aromatic N) is 6. The van der Waals surface area contributed by atoms with Crippen LogP contribution in [0.3, 0.4) is 0 Å². The SMILES string of the molecule is Cc1ccccc1OCn1ccc(C(=O)N2CCN(S(=O)(=O)c3cnn(C)c3C)CC2)n1. The molecule has 3 aromatic rings. The van der Waals surface area contributed by atoms with Crippen molar-refractivity contribution >= 4 is 15.9 Å². The molecule has 0 N–H and O–H groups in total. The molecule has 0 saturated carbocycles. The minimum absolute atomic E-state index is 0.189. The highest BCUT2D eigenvalue weighted by Gasteiger charge is 2.33. The number of sulfonamides is 1. The molecule has 11 heteroatoms. The van der Waals surface area contributed by atoms with Crippen molar-refractivity contribution in [2.45, 2.75) is 25.5 Å². The van der Waals surface area contributed by atoms with E-state index in [0.717, 1.165) is 11.3 Å². The maximum absolute atomic E-state index is 12.9. The summed E-state index contributed by atoms with van der Waals surface area (Å²) < 4.78 is 36.1. The topological polar surface area (TPSA) is 103 Å². The molecule has 1 aromatic carbocycles. The van der Waals surface area contributed by atoms with Crippen LogP contribution in [-0.2, 0) is 23.8 Å². The molecule has 3 heterocycles. The van der Waals surface area contributed by atoms with E-state index in [1.807, 2.05) is 31.2 Å². The van der Waals surface area contributed by atoms with E-state index in [1.54, 1.807) is 35.8 Å². The van der Waals surface area contributed by atoms with Gasteiger partial charge in [0.2, 0.25) is 10.0 Å². The molecule has 0 spiro atoms. The number of carbonyl (C=O) groups is 1. The van der Waals surface area contributed by atoms with Crippen molar-refractivity contribution in [2.75, 3.05) is 26.2 Å². The normalized spacial score (nSPS) is 15.2. The van der Waals surface area contributed by atoms with Gasteiger partial charge in [-0.2, -0.15) is 14.5 Å². The summed E-state index contributed by atoms with van der Waals surface area (Å²) in [4.78, 5) is 14.7. The van der Waals surface area contributed by atoms with E-state index in [4.69, 9.17) is 4.74 Å². The van der Waals surface area contributed by atoms with Gasteiger partial charge in [0.1, 0.15) is 10.6 Å². The summed E-state index contributed by atoms with van der Waals surface area (Å²) >= 11 is 0. The van der Waals surface area contributed by atoms with Gasteiger partial charge >= 0.3 is 0 Å². The van der Waals surface area contributed by atoms with Gasteiger partial charge in [-0.15, -0.1) is 0 Å². The molecule has 10 nitrogen and oxygen atoms in total. The molecule has 0 atom stereocenters. The van der Waals surface area contributed by atoms with Crippen molar-refractivity contribution in [3.8, 4) is 5.75 Å². The largest absolute Gasteiger partial charge is 0.471 e. The molecule has 32 heavy (non-hydrogen) atoms. The summed E-state index contributed by atoms with van der Waals surface area (Å²) in [7, 11) is -1.94. The molecule has 2 aromatic heterocycles. The van der Waals surface area contributed by atoms with Crippen LogP contribution in [0.5, 0.6) is 5.75 Å². The average molecular weight is 459 g/mol. The molecule has 1 fully saturated rings. The van der Waals surface area contributed by atoms with E-state index in [9.17, 15) is 13.2 Å². The first kappa shape index (κ1) is 22.0. The Morgan fingerprint density at radius 1 is 1.09 bits per heavy atom. The Hall–Kier alpha value is -3.18. The van der Waals surface area contributed by atoms with E-state index < -0.39 is 10.0 Å². The number of carbonyl (C=O) groups excluding carboxylic acids is 1. The molecule has 1 saturated heterocycles. The Labute approximate surface area is 187 Å². The monoisotopic (exact) mass is 458 g/mol. The lowest BCUT2D eigenvalue weighted by atomic mass is 10.2. The molecule has 1 amide bonds. The van der Waals surface area contributed by atoms with E-state index in [1.165, 1.54) is 15.2 Å². The molecule has 0 aliphatic carbocycles. The standard InChI is InChI=1S/C21H26N6O4S/c1-16-6-4-5-7-19(16)31-15-26-9-8-18(23-26)21(28)25-10-12-27(13-11-25)32(29,30)20-14-22-24(3)17(20)2/h4-9,14H,10-13,15H2,1-3H3. The first-order chi connectivity index (χ1) is 15.3. The number of para-hydroxylation sites is 1. The fraction of sp³-hybridized carbons (Fsp3) is 0.381. The van der Waals surface area contributed by atoms with Crippen LogP contribution in [0, 0.1) is 13.8 Å². The minimum Gasteiger partial charge on any atom is -0.471 e. The van der Waals surface area contributed by atoms with E-state index in [-0.39, 0.29) is 30.6 Å². The zero-order chi connectivity index (χ0) is 22.9. The quantitative estimate of drug-likeness (QED) is 0.554. The molecule has 0 unspecified atom stereocenters. The van der Waals surface area contributed by atoms with Gasteiger partial charge in [-0.05, 0) is 31.5 Å². The van der Waals surface area contributed by atoms with Gasteiger partial charge in [-0.3, -0.25) is 9.48 Å². The summed E-state index contributed by atoms with van der Waals surface area (Å²) in [5.74, 6) is 0.534. The maximum atomic E-state index is 12.9. The van der Waals surface area contributed by atoms with Crippen LogP contribution in [0.15, 0.2) is 47.6 Å². The summed E-state index contributed by atoms with van der Waals surface area (Å²) in [5, 5.41) is 8.34. The van der Waals surface area contributed by atoms with Crippen molar-refractivity contribution in [3.63, 3.8) is 0 Å². The second kappa shape index (κ2) is 8.75. The van der Waals surface area contributed by atoms with Gasteiger partial charge in [0, 0.05) is 39.4 Å². The second-order valence-electron chi connectivity index (χ2n) is 7.69. The molecular weight excluding hydrogens is 432 g/mol. The van der Waals surface area contributed by atoms with Crippen molar-refractivity contribution in [1.29, 1.82) is 0 Å². The van der Waals surface area contributed by atoms with Crippen molar-refractivity contribution in [1.82, 2.24) is 28.8 Å². The number of amides is 1. The average Bonchev–Trinajstić information content (AvgIpc) is 3.40. The van der Waals surface area contributed by atoms with Crippen LogP contribution < -0.4 is 4.74 Å². The molecule has 170 valence electrons.